The number of amides is 1. The molecule has 0 fully saturated rings. The topological polar surface area (TPSA) is 114 Å². The Labute approximate surface area is 459 Å². The maximum Gasteiger partial charge on any atom is 0.306 e. The number of hydrogen-bond donors (Lipinski definition) is 1. The highest BCUT2D eigenvalue weighted by molar-refractivity contribution is 7.45. The molecule has 0 spiro atoms. The highest BCUT2D eigenvalue weighted by atomic mass is 31.2. The summed E-state index contributed by atoms with van der Waals surface area (Å²) < 4.78 is 30.3. The summed E-state index contributed by atoms with van der Waals surface area (Å²) in [5.41, 5.74) is 0. The van der Waals surface area contributed by atoms with Gasteiger partial charge in [0.25, 0.3) is 7.82 Å². The number of hydrogen-bond acceptors (Lipinski definition) is 7. The number of nitrogens with zero attached hydrogens (tertiary/aromatic N) is 1. The fourth-order valence-electron chi connectivity index (χ4n) is 9.38. The van der Waals surface area contributed by atoms with Crippen molar-refractivity contribution in [2.24, 2.45) is 0 Å². The Kier molecular flexibility index (Phi) is 53.3. The number of ether oxygens (including phenoxy) is 1. The Hall–Kier alpha value is -1.77. The standard InChI is InChI=1S/C64H123N2O7P/c1-7-10-13-16-19-22-25-28-30-32-33-35-37-39-42-45-48-51-54-57-64(68)73-62(55-52-49-46-43-40-27-24-21-18-15-12-9-3)61(60-72-74(69,70)71-59-58-66(4,5)6)65-63(67)56-53-50-47-44-41-38-36-34-31-29-26-23-20-17-14-11-8-2/h19,22,28,30,52,55,61-62H,7-18,20-21,23-27,29,31-51,53-54,56-60H2,1-6H3,(H-,65,67,69,70)/b22-19-,30-28-,55-52+. The van der Waals surface area contributed by atoms with E-state index in [1.807, 2.05) is 33.3 Å². The second kappa shape index (κ2) is 54.6. The van der Waals surface area contributed by atoms with Crippen LogP contribution in [0.2, 0.25) is 0 Å². The number of carbonyl (C=O) groups is 2. The molecule has 1 amide bonds. The zero-order valence-corrected chi connectivity index (χ0v) is 50.7. The van der Waals surface area contributed by atoms with Crippen molar-refractivity contribution in [3.05, 3.63) is 36.5 Å². The summed E-state index contributed by atoms with van der Waals surface area (Å²) in [6.07, 6.45) is 65.3. The van der Waals surface area contributed by atoms with Gasteiger partial charge in [-0.3, -0.25) is 14.2 Å². The summed E-state index contributed by atoms with van der Waals surface area (Å²) in [5, 5.41) is 3.04. The van der Waals surface area contributed by atoms with Crippen LogP contribution in [0.15, 0.2) is 36.5 Å². The second-order valence-electron chi connectivity index (χ2n) is 22.9. The number of phosphoric ester groups is 1. The summed E-state index contributed by atoms with van der Waals surface area (Å²) in [6, 6.07) is -0.885. The van der Waals surface area contributed by atoms with Crippen molar-refractivity contribution in [1.82, 2.24) is 5.32 Å². The Bertz CT molecular complexity index is 1360. The number of quaternary nitrogens is 1. The number of phosphoric acid groups is 1. The van der Waals surface area contributed by atoms with E-state index in [0.717, 1.165) is 64.2 Å². The average molecular weight is 1060 g/mol. The molecule has 0 radical (unpaired) electrons. The molecule has 9 nitrogen and oxygen atoms in total. The molecule has 3 unspecified atom stereocenters. The van der Waals surface area contributed by atoms with Crippen molar-refractivity contribution in [2.45, 2.75) is 322 Å². The van der Waals surface area contributed by atoms with Crippen molar-refractivity contribution < 1.29 is 37.3 Å². The molecule has 0 saturated heterocycles. The van der Waals surface area contributed by atoms with Gasteiger partial charge < -0.3 is 28.5 Å². The monoisotopic (exact) mass is 1060 g/mol. The lowest BCUT2D eigenvalue weighted by Crippen LogP contribution is -2.47. The van der Waals surface area contributed by atoms with Gasteiger partial charge in [0.15, 0.2) is 0 Å². The van der Waals surface area contributed by atoms with Gasteiger partial charge in [-0.05, 0) is 63.9 Å². The van der Waals surface area contributed by atoms with Gasteiger partial charge in [0, 0.05) is 12.8 Å². The molecule has 0 aromatic carbocycles. The maximum absolute atomic E-state index is 13.5. The quantitative estimate of drug-likeness (QED) is 0.0212. The van der Waals surface area contributed by atoms with E-state index in [-0.39, 0.29) is 31.5 Å². The van der Waals surface area contributed by atoms with Crippen LogP contribution in [0.25, 0.3) is 0 Å². The van der Waals surface area contributed by atoms with Crippen molar-refractivity contribution in [1.29, 1.82) is 0 Å². The molecule has 0 aromatic heterocycles. The molecule has 0 aliphatic heterocycles. The summed E-state index contributed by atoms with van der Waals surface area (Å²) in [7, 11) is 1.19. The Balaban J connectivity index is 5.21. The van der Waals surface area contributed by atoms with Gasteiger partial charge in [0.2, 0.25) is 5.91 Å². The molecule has 0 aromatic rings. The molecule has 436 valence electrons. The third-order valence-electron chi connectivity index (χ3n) is 14.3. The number of carbonyl (C=O) groups excluding carboxylic acids is 2. The number of rotatable bonds is 58. The summed E-state index contributed by atoms with van der Waals surface area (Å²) >= 11 is 0. The van der Waals surface area contributed by atoms with Crippen molar-refractivity contribution in [2.75, 3.05) is 40.9 Å². The van der Waals surface area contributed by atoms with E-state index in [1.165, 1.54) is 212 Å². The molecule has 0 heterocycles. The third kappa shape index (κ3) is 55.0. The molecule has 0 bridgehead atoms. The molecule has 0 aliphatic carbocycles. The minimum Gasteiger partial charge on any atom is -0.756 e. The minimum absolute atomic E-state index is 0.0205. The SMILES string of the molecule is CCCCC/C=C\C/C=C\CCCCCCCCCCCC(=O)OC(/C=C/CCCCCCCCCCCC)C(COP(=O)([O-])OCC[N+](C)(C)C)NC(=O)CCCCCCCCCCCCCCCCCCC. The van der Waals surface area contributed by atoms with Crippen LogP contribution >= 0.6 is 7.82 Å². The van der Waals surface area contributed by atoms with Gasteiger partial charge in [-0.1, -0.05) is 269 Å². The Morgan fingerprint density at radius 2 is 0.824 bits per heavy atom. The highest BCUT2D eigenvalue weighted by Crippen LogP contribution is 2.38. The summed E-state index contributed by atoms with van der Waals surface area (Å²) in [5.74, 6) is -0.531. The van der Waals surface area contributed by atoms with Crippen molar-refractivity contribution in [3.8, 4) is 0 Å². The van der Waals surface area contributed by atoms with Gasteiger partial charge in [-0.25, -0.2) is 0 Å². The minimum atomic E-state index is -4.69. The third-order valence-corrected chi connectivity index (χ3v) is 15.3. The highest BCUT2D eigenvalue weighted by Gasteiger charge is 2.27. The number of unbranched alkanes of at least 4 members (excludes halogenated alkanes) is 38. The number of nitrogens with one attached hydrogen (secondary N) is 1. The van der Waals surface area contributed by atoms with E-state index in [9.17, 15) is 19.0 Å². The fourth-order valence-corrected chi connectivity index (χ4v) is 10.1. The van der Waals surface area contributed by atoms with E-state index in [1.54, 1.807) is 0 Å². The van der Waals surface area contributed by atoms with E-state index < -0.39 is 20.0 Å². The summed E-state index contributed by atoms with van der Waals surface area (Å²) in [4.78, 5) is 40.0. The van der Waals surface area contributed by atoms with Gasteiger partial charge >= 0.3 is 5.97 Å². The molecule has 74 heavy (non-hydrogen) atoms. The van der Waals surface area contributed by atoms with Crippen LogP contribution in [0.4, 0.5) is 0 Å². The maximum atomic E-state index is 13.5. The van der Waals surface area contributed by atoms with Crippen LogP contribution in [0.3, 0.4) is 0 Å². The van der Waals surface area contributed by atoms with E-state index in [4.69, 9.17) is 13.8 Å². The number of esters is 1. The first-order valence-electron chi connectivity index (χ1n) is 31.8. The molecule has 3 atom stereocenters. The predicted octanol–water partition coefficient (Wildman–Crippen LogP) is 18.9. The van der Waals surface area contributed by atoms with Crippen LogP contribution < -0.4 is 10.2 Å². The summed E-state index contributed by atoms with van der Waals surface area (Å²) in [6.45, 7) is 6.85. The lowest BCUT2D eigenvalue weighted by Gasteiger charge is -2.30. The van der Waals surface area contributed by atoms with Gasteiger partial charge in [-0.2, -0.15) is 0 Å². The molecule has 1 N–H and O–H groups in total. The van der Waals surface area contributed by atoms with Crippen LogP contribution in [-0.2, 0) is 27.9 Å². The lowest BCUT2D eigenvalue weighted by atomic mass is 10.0. The Morgan fingerprint density at radius 1 is 0.473 bits per heavy atom. The molecule has 10 heteroatoms. The van der Waals surface area contributed by atoms with Gasteiger partial charge in [-0.15, -0.1) is 0 Å². The second-order valence-corrected chi connectivity index (χ2v) is 24.3. The molecular formula is C64H123N2O7P. The molecule has 0 aliphatic rings. The zero-order valence-electron chi connectivity index (χ0n) is 49.8. The van der Waals surface area contributed by atoms with E-state index in [0.29, 0.717) is 17.4 Å². The first kappa shape index (κ1) is 72.2. The smallest absolute Gasteiger partial charge is 0.306 e. The van der Waals surface area contributed by atoms with Gasteiger partial charge in [0.1, 0.15) is 19.3 Å². The zero-order chi connectivity index (χ0) is 54.3. The number of allylic oxidation sites excluding steroid dienone is 5. The largest absolute Gasteiger partial charge is 0.756 e. The normalized spacial score (nSPS) is 13.9. The van der Waals surface area contributed by atoms with E-state index in [2.05, 4.69) is 50.4 Å². The van der Waals surface area contributed by atoms with E-state index >= 15 is 0 Å². The molecular weight excluding hydrogens is 940 g/mol. The van der Waals surface area contributed by atoms with Crippen LogP contribution in [0, 0.1) is 0 Å². The number of likely N-dealkylation sites (N-methyl/N-ethyl adjacent to an activating group) is 1. The van der Waals surface area contributed by atoms with Crippen molar-refractivity contribution in [3.63, 3.8) is 0 Å². The lowest BCUT2D eigenvalue weighted by molar-refractivity contribution is -0.870. The Morgan fingerprint density at radius 3 is 1.24 bits per heavy atom. The fraction of sp³-hybridized carbons (Fsp3) is 0.875. The van der Waals surface area contributed by atoms with Crippen LogP contribution in [-0.4, -0.2) is 69.4 Å². The van der Waals surface area contributed by atoms with Crippen molar-refractivity contribution >= 4 is 19.7 Å². The first-order chi connectivity index (χ1) is 35.9. The predicted molar refractivity (Wildman–Crippen MR) is 316 cm³/mol. The van der Waals surface area contributed by atoms with Gasteiger partial charge in [0.05, 0.1) is 33.8 Å². The van der Waals surface area contributed by atoms with Crippen LogP contribution in [0.1, 0.15) is 310 Å². The van der Waals surface area contributed by atoms with Crippen LogP contribution in [0.5, 0.6) is 0 Å². The molecule has 0 saturated carbocycles. The molecule has 0 rings (SSSR count). The average Bonchev–Trinajstić information content (AvgIpc) is 3.36. The first-order valence-corrected chi connectivity index (χ1v) is 33.3.